The third kappa shape index (κ3) is 5.34. The maximum Gasteiger partial charge on any atom is 0.419 e. The smallest absolute Gasteiger partial charge is 0.419 e. The molecule has 182 valence electrons. The quantitative estimate of drug-likeness (QED) is 0.192. The Morgan fingerprint density at radius 2 is 1.68 bits per heavy atom. The van der Waals surface area contributed by atoms with Gasteiger partial charge in [-0.05, 0) is 98.9 Å². The number of ether oxygens (including phenoxy) is 1. The van der Waals surface area contributed by atoms with Crippen molar-refractivity contribution in [2.75, 3.05) is 0 Å². The van der Waals surface area contributed by atoms with E-state index in [1.165, 1.54) is 12.5 Å². The van der Waals surface area contributed by atoms with E-state index in [1.54, 1.807) is 6.07 Å². The van der Waals surface area contributed by atoms with Gasteiger partial charge in [0.1, 0.15) is 17.4 Å². The van der Waals surface area contributed by atoms with Crippen molar-refractivity contribution >= 4 is 5.97 Å². The number of rotatable bonds is 4. The van der Waals surface area contributed by atoms with Crippen LogP contribution in [0.1, 0.15) is 72.9 Å². The highest BCUT2D eigenvalue weighted by atomic mass is 19.4. The van der Waals surface area contributed by atoms with Gasteiger partial charge >= 0.3 is 12.1 Å². The van der Waals surface area contributed by atoms with Crippen LogP contribution in [0.2, 0.25) is 0 Å². The summed E-state index contributed by atoms with van der Waals surface area (Å²) in [7, 11) is 0. The molecule has 4 rings (SSSR count). The number of esters is 1. The Kier molecular flexibility index (Phi) is 7.10. The summed E-state index contributed by atoms with van der Waals surface area (Å²) in [6, 6.07) is 6.00. The van der Waals surface area contributed by atoms with Crippen LogP contribution in [0.25, 0.3) is 0 Å². The molecule has 2 aromatic carbocycles. The summed E-state index contributed by atoms with van der Waals surface area (Å²) >= 11 is 0. The van der Waals surface area contributed by atoms with Crippen molar-refractivity contribution in [2.24, 2.45) is 17.8 Å². The van der Waals surface area contributed by atoms with Crippen molar-refractivity contribution < 1.29 is 31.5 Å². The molecule has 0 heterocycles. The SMILES string of the molecule is C/C=C/C1CCC2CC(c3ccc(C(=O)Oc4ccc(C(F)(F)F)c(F)c4)cc3F)CCC2C1. The number of carbonyl (C=O) groups is 1. The average molecular weight is 479 g/mol. The van der Waals surface area contributed by atoms with Crippen molar-refractivity contribution in [1.82, 2.24) is 0 Å². The second-order valence-corrected chi connectivity index (χ2v) is 9.39. The largest absolute Gasteiger partial charge is 0.423 e. The van der Waals surface area contributed by atoms with Crippen LogP contribution < -0.4 is 4.74 Å². The molecule has 0 saturated heterocycles. The van der Waals surface area contributed by atoms with E-state index >= 15 is 0 Å². The van der Waals surface area contributed by atoms with Crippen LogP contribution in [-0.2, 0) is 6.18 Å². The lowest BCUT2D eigenvalue weighted by Gasteiger charge is -2.41. The first-order valence-electron chi connectivity index (χ1n) is 11.7. The lowest BCUT2D eigenvalue weighted by molar-refractivity contribution is -0.140. The van der Waals surface area contributed by atoms with Gasteiger partial charge < -0.3 is 4.74 Å². The Hall–Kier alpha value is -2.70. The monoisotopic (exact) mass is 478 g/mol. The van der Waals surface area contributed by atoms with Gasteiger partial charge in [0, 0.05) is 6.07 Å². The third-order valence-corrected chi connectivity index (χ3v) is 7.25. The number of hydrogen-bond acceptors (Lipinski definition) is 2. The van der Waals surface area contributed by atoms with Gasteiger partial charge in [0.15, 0.2) is 0 Å². The maximum absolute atomic E-state index is 15.0. The minimum Gasteiger partial charge on any atom is -0.423 e. The van der Waals surface area contributed by atoms with Crippen LogP contribution in [0.5, 0.6) is 5.75 Å². The summed E-state index contributed by atoms with van der Waals surface area (Å²) in [6.07, 6.45) is 5.95. The maximum atomic E-state index is 15.0. The van der Waals surface area contributed by atoms with Crippen LogP contribution in [0, 0.1) is 29.4 Å². The van der Waals surface area contributed by atoms with Gasteiger partial charge in [0.25, 0.3) is 0 Å². The van der Waals surface area contributed by atoms with Gasteiger partial charge in [-0.25, -0.2) is 13.6 Å². The summed E-state index contributed by atoms with van der Waals surface area (Å²) in [5.41, 5.74) is -0.957. The van der Waals surface area contributed by atoms with Gasteiger partial charge in [-0.15, -0.1) is 0 Å². The molecular weight excluding hydrogens is 451 g/mol. The van der Waals surface area contributed by atoms with Crippen molar-refractivity contribution in [3.05, 3.63) is 76.9 Å². The molecule has 2 nitrogen and oxygen atoms in total. The van der Waals surface area contributed by atoms with Crippen LogP contribution >= 0.6 is 0 Å². The lowest BCUT2D eigenvalue weighted by Crippen LogP contribution is -2.30. The van der Waals surface area contributed by atoms with Gasteiger partial charge in [-0.1, -0.05) is 18.2 Å². The Labute approximate surface area is 195 Å². The van der Waals surface area contributed by atoms with Crippen LogP contribution in [0.4, 0.5) is 22.0 Å². The molecule has 0 amide bonds. The van der Waals surface area contributed by atoms with Gasteiger partial charge in [-0.3, -0.25) is 0 Å². The Morgan fingerprint density at radius 1 is 0.941 bits per heavy atom. The second kappa shape index (κ2) is 9.88. The first kappa shape index (κ1) is 24.4. The Balaban J connectivity index is 1.41. The molecule has 34 heavy (non-hydrogen) atoms. The number of alkyl halides is 3. The minimum absolute atomic E-state index is 0.0814. The predicted octanol–water partition coefficient (Wildman–Crippen LogP) is 8.08. The zero-order valence-electron chi connectivity index (χ0n) is 18.9. The molecule has 0 aliphatic heterocycles. The zero-order chi connectivity index (χ0) is 24.5. The van der Waals surface area contributed by atoms with Crippen LogP contribution in [-0.4, -0.2) is 5.97 Å². The molecule has 2 aliphatic carbocycles. The minimum atomic E-state index is -4.85. The fraction of sp³-hybridized carbons (Fsp3) is 0.444. The molecule has 4 atom stereocenters. The molecular formula is C27H27F5O2. The zero-order valence-corrected chi connectivity index (χ0v) is 18.9. The molecule has 0 N–H and O–H groups in total. The number of benzene rings is 2. The first-order chi connectivity index (χ1) is 16.2. The van der Waals surface area contributed by atoms with Crippen LogP contribution in [0.15, 0.2) is 48.6 Å². The van der Waals surface area contributed by atoms with E-state index < -0.39 is 29.3 Å². The Morgan fingerprint density at radius 3 is 2.35 bits per heavy atom. The Bertz CT molecular complexity index is 1080. The van der Waals surface area contributed by atoms with Gasteiger partial charge in [-0.2, -0.15) is 13.2 Å². The van der Waals surface area contributed by atoms with E-state index in [1.807, 2.05) is 6.92 Å². The molecule has 7 heteroatoms. The first-order valence-corrected chi connectivity index (χ1v) is 11.7. The van der Waals surface area contributed by atoms with Crippen molar-refractivity contribution in [3.63, 3.8) is 0 Å². The normalized spacial score (nSPS) is 25.2. The number of allylic oxidation sites excluding steroid dienone is 2. The predicted molar refractivity (Wildman–Crippen MR) is 118 cm³/mol. The average Bonchev–Trinajstić information content (AvgIpc) is 2.78. The van der Waals surface area contributed by atoms with E-state index in [0.717, 1.165) is 44.2 Å². The molecule has 0 aromatic heterocycles. The van der Waals surface area contributed by atoms with Gasteiger partial charge in [0.05, 0.1) is 11.1 Å². The topological polar surface area (TPSA) is 26.3 Å². The molecule has 0 bridgehead atoms. The number of hydrogen-bond donors (Lipinski definition) is 0. The van der Waals surface area contributed by atoms with E-state index in [2.05, 4.69) is 12.2 Å². The molecule has 0 radical (unpaired) electrons. The molecule has 2 aromatic rings. The molecule has 2 saturated carbocycles. The molecule has 2 fully saturated rings. The molecule has 0 spiro atoms. The summed E-state index contributed by atoms with van der Waals surface area (Å²) < 4.78 is 71.7. The summed E-state index contributed by atoms with van der Waals surface area (Å²) in [6.45, 7) is 2.05. The summed E-state index contributed by atoms with van der Waals surface area (Å²) in [5.74, 6) is -1.40. The highest BCUT2D eigenvalue weighted by Gasteiger charge is 2.36. The van der Waals surface area contributed by atoms with E-state index in [9.17, 15) is 26.7 Å². The summed E-state index contributed by atoms with van der Waals surface area (Å²) in [5, 5.41) is 0. The van der Waals surface area contributed by atoms with Crippen molar-refractivity contribution in [3.8, 4) is 5.75 Å². The summed E-state index contributed by atoms with van der Waals surface area (Å²) in [4.78, 5) is 12.4. The van der Waals surface area contributed by atoms with Crippen LogP contribution in [0.3, 0.4) is 0 Å². The standard InChI is InChI=1S/C27H27F5O2/c1-2-3-16-4-5-18-13-19(7-6-17(18)12-16)22-10-8-20(14-24(22)28)26(33)34-21-9-11-23(25(29)15-21)27(30,31)32/h2-3,8-11,14-19H,4-7,12-13H2,1H3/b3-2+. The second-order valence-electron chi connectivity index (χ2n) is 9.39. The number of halogens is 5. The van der Waals surface area contributed by atoms with Crippen molar-refractivity contribution in [1.29, 1.82) is 0 Å². The number of carbonyl (C=O) groups excluding carboxylic acids is 1. The third-order valence-electron chi connectivity index (χ3n) is 7.25. The highest BCUT2D eigenvalue weighted by Crippen LogP contribution is 2.48. The van der Waals surface area contributed by atoms with E-state index in [0.29, 0.717) is 35.4 Å². The molecule has 2 aliphatic rings. The lowest BCUT2D eigenvalue weighted by atomic mass is 9.64. The van der Waals surface area contributed by atoms with Crippen molar-refractivity contribution in [2.45, 2.75) is 57.5 Å². The fourth-order valence-corrected chi connectivity index (χ4v) is 5.60. The van der Waals surface area contributed by atoms with E-state index in [-0.39, 0.29) is 17.2 Å². The highest BCUT2D eigenvalue weighted by molar-refractivity contribution is 5.91. The fourth-order valence-electron chi connectivity index (χ4n) is 5.60. The van der Waals surface area contributed by atoms with Gasteiger partial charge in [0.2, 0.25) is 0 Å². The number of fused-ring (bicyclic) bond motifs is 1. The molecule has 4 unspecified atom stereocenters. The van der Waals surface area contributed by atoms with E-state index in [4.69, 9.17) is 4.74 Å².